The van der Waals surface area contributed by atoms with Gasteiger partial charge in [0, 0.05) is 0 Å². The van der Waals surface area contributed by atoms with E-state index >= 15 is 0 Å². The summed E-state index contributed by atoms with van der Waals surface area (Å²) in [5, 5.41) is 12.7. The number of carbonyl (C=O) groups is 1. The highest BCUT2D eigenvalue weighted by atomic mass is 16.3. The Balaban J connectivity index is 4.57. The maximum atomic E-state index is 11.9. The van der Waals surface area contributed by atoms with Crippen molar-refractivity contribution in [1.82, 2.24) is 5.32 Å². The molecule has 4 heteroatoms. The number of hydrogen-bond acceptors (Lipinski definition) is 3. The lowest BCUT2D eigenvalue weighted by Crippen LogP contribution is -2.61. The van der Waals surface area contributed by atoms with Gasteiger partial charge in [-0.1, -0.05) is 20.3 Å². The maximum absolute atomic E-state index is 11.9. The summed E-state index contributed by atoms with van der Waals surface area (Å²) >= 11 is 0. The van der Waals surface area contributed by atoms with Crippen LogP contribution >= 0.6 is 0 Å². The molecular weight excluding hydrogens is 204 g/mol. The molecule has 0 saturated carbocycles. The lowest BCUT2D eigenvalue weighted by molar-refractivity contribution is -0.128. The third-order valence-corrected chi connectivity index (χ3v) is 3.52. The van der Waals surface area contributed by atoms with Gasteiger partial charge in [-0.05, 0) is 33.6 Å². The first kappa shape index (κ1) is 15.4. The van der Waals surface area contributed by atoms with Gasteiger partial charge in [0.2, 0.25) is 5.91 Å². The molecule has 0 bridgehead atoms. The third-order valence-electron chi connectivity index (χ3n) is 3.52. The number of amides is 1. The van der Waals surface area contributed by atoms with Gasteiger partial charge in [-0.25, -0.2) is 0 Å². The highest BCUT2D eigenvalue weighted by Crippen LogP contribution is 2.21. The summed E-state index contributed by atoms with van der Waals surface area (Å²) in [5.41, 5.74) is 4.14. The molecule has 96 valence electrons. The zero-order valence-corrected chi connectivity index (χ0v) is 11.3. The Morgan fingerprint density at radius 1 is 1.38 bits per heavy atom. The van der Waals surface area contributed by atoms with Crippen molar-refractivity contribution < 1.29 is 9.90 Å². The zero-order chi connectivity index (χ0) is 13.1. The first-order chi connectivity index (χ1) is 7.03. The summed E-state index contributed by atoms with van der Waals surface area (Å²) in [4.78, 5) is 11.9. The normalized spacial score (nSPS) is 16.8. The fourth-order valence-corrected chi connectivity index (χ4v) is 1.06. The fourth-order valence-electron chi connectivity index (χ4n) is 1.06. The number of rotatable bonds is 5. The molecule has 0 aromatic heterocycles. The molecule has 0 saturated heterocycles. The van der Waals surface area contributed by atoms with E-state index < -0.39 is 17.2 Å². The van der Waals surface area contributed by atoms with E-state index in [9.17, 15) is 9.90 Å². The molecule has 0 rings (SSSR count). The summed E-state index contributed by atoms with van der Waals surface area (Å²) in [6.45, 7) is 10.9. The van der Waals surface area contributed by atoms with E-state index in [4.69, 9.17) is 5.73 Å². The summed E-state index contributed by atoms with van der Waals surface area (Å²) in [6, 6.07) is -0.522. The Labute approximate surface area is 98.6 Å². The van der Waals surface area contributed by atoms with Crippen LogP contribution in [0.25, 0.3) is 0 Å². The van der Waals surface area contributed by atoms with Crippen molar-refractivity contribution in [3.05, 3.63) is 0 Å². The van der Waals surface area contributed by atoms with Crippen LogP contribution in [0.4, 0.5) is 0 Å². The summed E-state index contributed by atoms with van der Waals surface area (Å²) in [6.07, 6.45) is 0.859. The van der Waals surface area contributed by atoms with Crippen molar-refractivity contribution >= 4 is 5.91 Å². The Bertz CT molecular complexity index is 244. The molecule has 0 heterocycles. The van der Waals surface area contributed by atoms with Gasteiger partial charge >= 0.3 is 0 Å². The Morgan fingerprint density at radius 3 is 2.12 bits per heavy atom. The van der Waals surface area contributed by atoms with E-state index in [1.54, 1.807) is 27.7 Å². The second-order valence-corrected chi connectivity index (χ2v) is 5.58. The Kier molecular flexibility index (Phi) is 4.95. The van der Waals surface area contributed by atoms with Crippen molar-refractivity contribution in [1.29, 1.82) is 0 Å². The van der Waals surface area contributed by atoms with Gasteiger partial charge in [0.15, 0.2) is 0 Å². The first-order valence-corrected chi connectivity index (χ1v) is 5.83. The quantitative estimate of drug-likeness (QED) is 0.660. The van der Waals surface area contributed by atoms with E-state index in [0.717, 1.165) is 6.42 Å². The van der Waals surface area contributed by atoms with Crippen LogP contribution in [0, 0.1) is 5.92 Å². The Morgan fingerprint density at radius 2 is 1.81 bits per heavy atom. The maximum Gasteiger partial charge on any atom is 0.237 e. The molecule has 0 fully saturated rings. The molecule has 0 spiro atoms. The molecule has 2 atom stereocenters. The molecule has 0 aromatic carbocycles. The highest BCUT2D eigenvalue weighted by Gasteiger charge is 2.37. The van der Waals surface area contributed by atoms with Crippen LogP contribution in [0.2, 0.25) is 0 Å². The van der Waals surface area contributed by atoms with Crippen molar-refractivity contribution in [3.8, 4) is 0 Å². The highest BCUT2D eigenvalue weighted by molar-refractivity contribution is 5.82. The lowest BCUT2D eigenvalue weighted by Gasteiger charge is -2.39. The summed E-state index contributed by atoms with van der Waals surface area (Å²) in [5.74, 6) is -0.0703. The van der Waals surface area contributed by atoms with Gasteiger partial charge in [0.05, 0.1) is 17.2 Å². The topological polar surface area (TPSA) is 75.4 Å². The van der Waals surface area contributed by atoms with E-state index in [0.29, 0.717) is 0 Å². The van der Waals surface area contributed by atoms with Gasteiger partial charge in [0.25, 0.3) is 0 Å². The SMILES string of the molecule is CCC(C)[C@H](N)C(=O)NC(C)(C)C(C)(C)O. The molecule has 16 heavy (non-hydrogen) atoms. The molecule has 4 N–H and O–H groups in total. The van der Waals surface area contributed by atoms with Crippen molar-refractivity contribution in [2.45, 2.75) is 65.1 Å². The average Bonchev–Trinajstić information content (AvgIpc) is 2.12. The third kappa shape index (κ3) is 3.76. The Hall–Kier alpha value is -0.610. The molecular formula is C12H26N2O2. The van der Waals surface area contributed by atoms with Gasteiger partial charge in [0.1, 0.15) is 0 Å². The van der Waals surface area contributed by atoms with Crippen molar-refractivity contribution in [2.24, 2.45) is 11.7 Å². The predicted molar refractivity (Wildman–Crippen MR) is 65.9 cm³/mol. The first-order valence-electron chi connectivity index (χ1n) is 5.83. The van der Waals surface area contributed by atoms with Crippen LogP contribution in [0.3, 0.4) is 0 Å². The number of hydrogen-bond donors (Lipinski definition) is 3. The molecule has 4 nitrogen and oxygen atoms in total. The minimum atomic E-state index is -0.988. The monoisotopic (exact) mass is 230 g/mol. The zero-order valence-electron chi connectivity index (χ0n) is 11.3. The largest absolute Gasteiger partial charge is 0.388 e. The van der Waals surface area contributed by atoms with Crippen LogP contribution in [0.15, 0.2) is 0 Å². The van der Waals surface area contributed by atoms with Crippen LogP contribution in [-0.4, -0.2) is 28.2 Å². The molecule has 0 aliphatic rings. The molecule has 1 unspecified atom stereocenters. The van der Waals surface area contributed by atoms with Crippen molar-refractivity contribution in [2.75, 3.05) is 0 Å². The minimum Gasteiger partial charge on any atom is -0.388 e. The minimum absolute atomic E-state index is 0.137. The van der Waals surface area contributed by atoms with Gasteiger partial charge in [-0.3, -0.25) is 4.79 Å². The van der Waals surface area contributed by atoms with E-state index in [-0.39, 0.29) is 11.8 Å². The van der Waals surface area contributed by atoms with E-state index in [1.165, 1.54) is 0 Å². The number of carbonyl (C=O) groups excluding carboxylic acids is 1. The van der Waals surface area contributed by atoms with Crippen LogP contribution in [0.5, 0.6) is 0 Å². The van der Waals surface area contributed by atoms with Gasteiger partial charge < -0.3 is 16.2 Å². The summed E-state index contributed by atoms with van der Waals surface area (Å²) in [7, 11) is 0. The predicted octanol–water partition coefficient (Wildman–Crippen LogP) is 1.03. The number of aliphatic hydroxyl groups is 1. The van der Waals surface area contributed by atoms with E-state index in [2.05, 4.69) is 5.32 Å². The van der Waals surface area contributed by atoms with Crippen LogP contribution in [-0.2, 0) is 4.79 Å². The van der Waals surface area contributed by atoms with E-state index in [1.807, 2.05) is 13.8 Å². The number of nitrogens with one attached hydrogen (secondary N) is 1. The lowest BCUT2D eigenvalue weighted by atomic mass is 9.85. The molecule has 0 radical (unpaired) electrons. The second kappa shape index (κ2) is 5.15. The molecule has 0 aliphatic heterocycles. The van der Waals surface area contributed by atoms with Crippen LogP contribution < -0.4 is 11.1 Å². The van der Waals surface area contributed by atoms with Gasteiger partial charge in [-0.15, -0.1) is 0 Å². The molecule has 1 amide bonds. The molecule has 0 aliphatic carbocycles. The van der Waals surface area contributed by atoms with Gasteiger partial charge in [-0.2, -0.15) is 0 Å². The number of nitrogens with two attached hydrogens (primary N) is 1. The second-order valence-electron chi connectivity index (χ2n) is 5.58. The fraction of sp³-hybridized carbons (Fsp3) is 0.917. The molecule has 0 aromatic rings. The smallest absolute Gasteiger partial charge is 0.237 e. The summed E-state index contributed by atoms with van der Waals surface area (Å²) < 4.78 is 0. The standard InChI is InChI=1S/C12H26N2O2/c1-7-8(2)9(13)10(15)14-11(3,4)12(5,6)16/h8-9,16H,7,13H2,1-6H3,(H,14,15)/t8?,9-/m0/s1. The van der Waals surface area contributed by atoms with Crippen LogP contribution in [0.1, 0.15) is 48.0 Å². The van der Waals surface area contributed by atoms with Crippen molar-refractivity contribution in [3.63, 3.8) is 0 Å². The average molecular weight is 230 g/mol.